The van der Waals surface area contributed by atoms with Crippen LogP contribution in [0.1, 0.15) is 65.2 Å². The van der Waals surface area contributed by atoms with Crippen LogP contribution >= 0.6 is 15.9 Å². The Balaban J connectivity index is 2.37. The molecule has 0 radical (unpaired) electrons. The molecule has 0 aromatic rings. The van der Waals surface area contributed by atoms with Crippen LogP contribution in [0.15, 0.2) is 0 Å². The lowest BCUT2D eigenvalue weighted by Gasteiger charge is -2.25. The summed E-state index contributed by atoms with van der Waals surface area (Å²) < 4.78 is 0.429. The Hall–Kier alpha value is 0.480. The average molecular weight is 247 g/mol. The molecule has 1 aliphatic carbocycles. The maximum absolute atomic E-state index is 3.86. The van der Waals surface area contributed by atoms with Crippen molar-refractivity contribution < 1.29 is 0 Å². The molecule has 0 spiro atoms. The maximum atomic E-state index is 3.86. The number of hydrogen-bond donors (Lipinski definition) is 0. The van der Waals surface area contributed by atoms with Gasteiger partial charge in [-0.2, -0.15) is 0 Å². The molecular weight excluding hydrogens is 224 g/mol. The summed E-state index contributed by atoms with van der Waals surface area (Å²) in [5.41, 5.74) is 0. The Labute approximate surface area is 91.6 Å². The van der Waals surface area contributed by atoms with Crippen LogP contribution in [-0.2, 0) is 0 Å². The Morgan fingerprint density at radius 3 is 2.46 bits per heavy atom. The molecule has 0 aromatic heterocycles. The third kappa shape index (κ3) is 5.05. The zero-order chi connectivity index (χ0) is 9.73. The molecule has 1 heteroatoms. The van der Waals surface area contributed by atoms with Crippen LogP contribution in [0.3, 0.4) is 0 Å². The number of halogens is 1. The van der Waals surface area contributed by atoms with Gasteiger partial charge in [0.1, 0.15) is 0 Å². The molecule has 0 bridgehead atoms. The van der Waals surface area contributed by atoms with Crippen LogP contribution in [-0.4, -0.2) is 4.32 Å². The predicted octanol–water partition coefficient (Wildman–Crippen LogP) is 4.91. The first-order valence-corrected chi connectivity index (χ1v) is 6.58. The van der Waals surface area contributed by atoms with Crippen molar-refractivity contribution in [3.63, 3.8) is 0 Å². The van der Waals surface area contributed by atoms with Crippen LogP contribution in [0, 0.1) is 5.92 Å². The average Bonchev–Trinajstić information content (AvgIpc) is 2.07. The lowest BCUT2D eigenvalue weighted by Crippen LogP contribution is -2.17. The van der Waals surface area contributed by atoms with Gasteiger partial charge in [0.25, 0.3) is 0 Å². The fourth-order valence-corrected chi connectivity index (χ4v) is 2.67. The van der Waals surface area contributed by atoms with Crippen molar-refractivity contribution in [3.8, 4) is 0 Å². The maximum Gasteiger partial charge on any atom is 0.0230 e. The largest absolute Gasteiger partial charge is 0.0856 e. The van der Waals surface area contributed by atoms with Crippen molar-refractivity contribution in [3.05, 3.63) is 0 Å². The van der Waals surface area contributed by atoms with Crippen LogP contribution in [0.4, 0.5) is 0 Å². The van der Waals surface area contributed by atoms with Crippen LogP contribution in [0.5, 0.6) is 0 Å². The predicted molar refractivity (Wildman–Crippen MR) is 63.4 cm³/mol. The van der Waals surface area contributed by atoms with Crippen molar-refractivity contribution in [2.75, 3.05) is 0 Å². The highest BCUT2D eigenvalue weighted by atomic mass is 79.9. The van der Waals surface area contributed by atoms with Crippen molar-refractivity contribution in [1.29, 1.82) is 0 Å². The summed E-state index contributed by atoms with van der Waals surface area (Å²) in [4.78, 5) is 0. The van der Waals surface area contributed by atoms with E-state index < -0.39 is 0 Å². The topological polar surface area (TPSA) is 0 Å². The molecule has 0 amide bonds. The summed E-state index contributed by atoms with van der Waals surface area (Å²) in [6, 6.07) is 0. The van der Waals surface area contributed by atoms with Crippen molar-refractivity contribution in [1.82, 2.24) is 0 Å². The van der Waals surface area contributed by atoms with Crippen molar-refractivity contribution in [2.45, 2.75) is 69.5 Å². The second kappa shape index (κ2) is 5.38. The molecule has 1 saturated carbocycles. The molecular formula is C12H23Br. The molecule has 2 atom stereocenters. The fourth-order valence-electron chi connectivity index (χ4n) is 2.16. The molecule has 2 unspecified atom stereocenters. The summed E-state index contributed by atoms with van der Waals surface area (Å²) in [6.45, 7) is 4.77. The third-order valence-corrected chi connectivity index (χ3v) is 4.10. The molecule has 78 valence electrons. The lowest BCUT2D eigenvalue weighted by atomic mass is 9.89. The van der Waals surface area contributed by atoms with E-state index in [0.717, 1.165) is 5.92 Å². The minimum absolute atomic E-state index is 0.429. The van der Waals surface area contributed by atoms with Gasteiger partial charge in [-0.15, -0.1) is 0 Å². The number of alkyl halides is 1. The Kier molecular flexibility index (Phi) is 4.78. The summed E-state index contributed by atoms with van der Waals surface area (Å²) in [6.07, 6.45) is 11.3. The molecule has 0 aromatic carbocycles. The van der Waals surface area contributed by atoms with E-state index in [4.69, 9.17) is 0 Å². The smallest absolute Gasteiger partial charge is 0.0230 e. The zero-order valence-corrected chi connectivity index (χ0v) is 10.7. The Morgan fingerprint density at radius 2 is 1.69 bits per heavy atom. The molecule has 1 rings (SSSR count). The molecule has 0 saturated heterocycles. The Morgan fingerprint density at radius 1 is 1.00 bits per heavy atom. The van der Waals surface area contributed by atoms with E-state index in [1.807, 2.05) is 0 Å². The normalized spacial score (nSPS) is 38.5. The molecule has 0 heterocycles. The van der Waals surface area contributed by atoms with Gasteiger partial charge in [0, 0.05) is 4.32 Å². The van der Waals surface area contributed by atoms with Gasteiger partial charge in [0.15, 0.2) is 0 Å². The van der Waals surface area contributed by atoms with E-state index in [9.17, 15) is 0 Å². The van der Waals surface area contributed by atoms with E-state index in [-0.39, 0.29) is 0 Å². The number of rotatable bonds is 0. The van der Waals surface area contributed by atoms with Gasteiger partial charge in [0.05, 0.1) is 0 Å². The van der Waals surface area contributed by atoms with Gasteiger partial charge in [-0.05, 0) is 32.1 Å². The second-order valence-electron chi connectivity index (χ2n) is 5.01. The summed E-state index contributed by atoms with van der Waals surface area (Å²) >= 11 is 3.86. The first kappa shape index (κ1) is 11.6. The minimum atomic E-state index is 0.429. The lowest BCUT2D eigenvalue weighted by molar-refractivity contribution is 0.384. The first-order valence-electron chi connectivity index (χ1n) is 5.79. The SMILES string of the molecule is CC1CCCCCCC(C)(Br)CC1. The Bertz CT molecular complexity index is 140. The minimum Gasteiger partial charge on any atom is -0.0856 e. The van der Waals surface area contributed by atoms with Gasteiger partial charge in [-0.1, -0.05) is 55.0 Å². The molecule has 0 N–H and O–H groups in total. The molecule has 0 nitrogen and oxygen atoms in total. The standard InChI is InChI=1S/C12H23Br/c1-11-7-5-3-4-6-9-12(2,13)10-8-11/h11H,3-10H2,1-2H3. The van der Waals surface area contributed by atoms with E-state index in [0.29, 0.717) is 4.32 Å². The van der Waals surface area contributed by atoms with Gasteiger partial charge < -0.3 is 0 Å². The first-order chi connectivity index (χ1) is 6.10. The highest BCUT2D eigenvalue weighted by Crippen LogP contribution is 2.33. The second-order valence-corrected chi connectivity index (χ2v) is 6.92. The van der Waals surface area contributed by atoms with E-state index in [2.05, 4.69) is 29.8 Å². The van der Waals surface area contributed by atoms with E-state index in [1.165, 1.54) is 51.4 Å². The summed E-state index contributed by atoms with van der Waals surface area (Å²) in [7, 11) is 0. The van der Waals surface area contributed by atoms with Crippen LogP contribution in [0.25, 0.3) is 0 Å². The zero-order valence-electron chi connectivity index (χ0n) is 9.11. The fraction of sp³-hybridized carbons (Fsp3) is 1.00. The molecule has 1 fully saturated rings. The highest BCUT2D eigenvalue weighted by molar-refractivity contribution is 9.10. The van der Waals surface area contributed by atoms with E-state index in [1.54, 1.807) is 0 Å². The molecule has 1 aliphatic rings. The van der Waals surface area contributed by atoms with Crippen molar-refractivity contribution >= 4 is 15.9 Å². The molecule has 13 heavy (non-hydrogen) atoms. The monoisotopic (exact) mass is 246 g/mol. The van der Waals surface area contributed by atoms with Gasteiger partial charge >= 0.3 is 0 Å². The number of hydrogen-bond acceptors (Lipinski definition) is 0. The highest BCUT2D eigenvalue weighted by Gasteiger charge is 2.21. The summed E-state index contributed by atoms with van der Waals surface area (Å²) in [5.74, 6) is 0.940. The van der Waals surface area contributed by atoms with Crippen LogP contribution in [0.2, 0.25) is 0 Å². The quantitative estimate of drug-likeness (QED) is 0.533. The third-order valence-electron chi connectivity index (χ3n) is 3.30. The van der Waals surface area contributed by atoms with Gasteiger partial charge in [0.2, 0.25) is 0 Å². The van der Waals surface area contributed by atoms with Crippen molar-refractivity contribution in [2.24, 2.45) is 5.92 Å². The summed E-state index contributed by atoms with van der Waals surface area (Å²) in [5, 5.41) is 0. The van der Waals surface area contributed by atoms with Gasteiger partial charge in [-0.3, -0.25) is 0 Å². The van der Waals surface area contributed by atoms with Crippen LogP contribution < -0.4 is 0 Å². The molecule has 0 aliphatic heterocycles. The van der Waals surface area contributed by atoms with Gasteiger partial charge in [-0.25, -0.2) is 0 Å². The van der Waals surface area contributed by atoms with E-state index >= 15 is 0 Å².